The SMILES string of the molecule is COc1cc(OC)c(OC)cc1CNC(=O)C1CCCCN1. The van der Waals surface area contributed by atoms with Gasteiger partial charge in [-0.3, -0.25) is 4.79 Å². The van der Waals surface area contributed by atoms with Gasteiger partial charge >= 0.3 is 0 Å². The first-order chi connectivity index (χ1) is 10.7. The zero-order chi connectivity index (χ0) is 15.9. The van der Waals surface area contributed by atoms with Crippen LogP contribution in [0, 0.1) is 0 Å². The van der Waals surface area contributed by atoms with E-state index >= 15 is 0 Å². The number of hydrogen-bond donors (Lipinski definition) is 2. The summed E-state index contributed by atoms with van der Waals surface area (Å²) >= 11 is 0. The highest BCUT2D eigenvalue weighted by Crippen LogP contribution is 2.34. The summed E-state index contributed by atoms with van der Waals surface area (Å²) in [5.74, 6) is 1.90. The molecule has 6 nitrogen and oxygen atoms in total. The van der Waals surface area contributed by atoms with E-state index in [2.05, 4.69) is 10.6 Å². The van der Waals surface area contributed by atoms with Crippen molar-refractivity contribution in [2.75, 3.05) is 27.9 Å². The zero-order valence-electron chi connectivity index (χ0n) is 13.4. The fraction of sp³-hybridized carbons (Fsp3) is 0.562. The van der Waals surface area contributed by atoms with Crippen LogP contribution in [-0.2, 0) is 11.3 Å². The van der Waals surface area contributed by atoms with Crippen LogP contribution >= 0.6 is 0 Å². The van der Waals surface area contributed by atoms with Crippen molar-refractivity contribution in [1.29, 1.82) is 0 Å². The Labute approximate surface area is 131 Å². The van der Waals surface area contributed by atoms with E-state index in [0.717, 1.165) is 31.4 Å². The van der Waals surface area contributed by atoms with Crippen LogP contribution in [0.15, 0.2) is 12.1 Å². The van der Waals surface area contributed by atoms with E-state index in [4.69, 9.17) is 14.2 Å². The third-order valence-electron chi connectivity index (χ3n) is 3.87. The van der Waals surface area contributed by atoms with Gasteiger partial charge in [0.25, 0.3) is 0 Å². The van der Waals surface area contributed by atoms with E-state index in [9.17, 15) is 4.79 Å². The highest BCUT2D eigenvalue weighted by molar-refractivity contribution is 5.81. The van der Waals surface area contributed by atoms with Crippen molar-refractivity contribution in [3.8, 4) is 17.2 Å². The number of benzene rings is 1. The minimum absolute atomic E-state index is 0.0246. The van der Waals surface area contributed by atoms with Gasteiger partial charge in [-0.25, -0.2) is 0 Å². The average molecular weight is 308 g/mol. The van der Waals surface area contributed by atoms with Crippen molar-refractivity contribution in [3.63, 3.8) is 0 Å². The quantitative estimate of drug-likeness (QED) is 0.833. The van der Waals surface area contributed by atoms with Crippen molar-refractivity contribution in [2.45, 2.75) is 31.8 Å². The minimum atomic E-state index is -0.0973. The molecule has 122 valence electrons. The van der Waals surface area contributed by atoms with E-state index in [0.29, 0.717) is 23.8 Å². The lowest BCUT2D eigenvalue weighted by atomic mass is 10.0. The van der Waals surface area contributed by atoms with Gasteiger partial charge in [0.05, 0.1) is 27.4 Å². The van der Waals surface area contributed by atoms with Crippen molar-refractivity contribution in [3.05, 3.63) is 17.7 Å². The summed E-state index contributed by atoms with van der Waals surface area (Å²) in [6.07, 6.45) is 3.10. The van der Waals surface area contributed by atoms with Gasteiger partial charge in [-0.1, -0.05) is 6.42 Å². The van der Waals surface area contributed by atoms with Crippen LogP contribution in [0.4, 0.5) is 0 Å². The van der Waals surface area contributed by atoms with Gasteiger partial charge in [0.1, 0.15) is 5.75 Å². The number of ether oxygens (including phenoxy) is 3. The Morgan fingerprint density at radius 3 is 2.41 bits per heavy atom. The Balaban J connectivity index is 2.06. The number of piperidine rings is 1. The molecule has 0 bridgehead atoms. The molecule has 0 saturated carbocycles. The lowest BCUT2D eigenvalue weighted by molar-refractivity contribution is -0.123. The van der Waals surface area contributed by atoms with Crippen LogP contribution in [0.3, 0.4) is 0 Å². The van der Waals surface area contributed by atoms with Crippen LogP contribution in [0.5, 0.6) is 17.2 Å². The molecule has 0 aliphatic carbocycles. The van der Waals surface area contributed by atoms with Crippen molar-refractivity contribution >= 4 is 5.91 Å². The normalized spacial score (nSPS) is 17.7. The average Bonchev–Trinajstić information content (AvgIpc) is 2.59. The molecule has 2 rings (SSSR count). The summed E-state index contributed by atoms with van der Waals surface area (Å²) in [5.41, 5.74) is 0.851. The maximum Gasteiger partial charge on any atom is 0.237 e. The molecule has 0 radical (unpaired) electrons. The lowest BCUT2D eigenvalue weighted by Gasteiger charge is -2.23. The van der Waals surface area contributed by atoms with Crippen molar-refractivity contribution in [2.24, 2.45) is 0 Å². The number of carbonyl (C=O) groups is 1. The van der Waals surface area contributed by atoms with Gasteiger partial charge in [-0.15, -0.1) is 0 Å². The second-order valence-electron chi connectivity index (χ2n) is 5.24. The Bertz CT molecular complexity index is 513. The van der Waals surface area contributed by atoms with Gasteiger partial charge in [-0.05, 0) is 25.5 Å². The molecule has 1 unspecified atom stereocenters. The number of hydrogen-bond acceptors (Lipinski definition) is 5. The summed E-state index contributed by atoms with van der Waals surface area (Å²) in [7, 11) is 4.75. The van der Waals surface area contributed by atoms with E-state index in [-0.39, 0.29) is 11.9 Å². The number of amides is 1. The number of nitrogens with one attached hydrogen (secondary N) is 2. The van der Waals surface area contributed by atoms with Gasteiger partial charge in [-0.2, -0.15) is 0 Å². The fourth-order valence-corrected chi connectivity index (χ4v) is 2.61. The molecule has 1 fully saturated rings. The summed E-state index contributed by atoms with van der Waals surface area (Å²) in [5, 5.41) is 6.19. The lowest BCUT2D eigenvalue weighted by Crippen LogP contribution is -2.46. The fourth-order valence-electron chi connectivity index (χ4n) is 2.61. The molecule has 1 aliphatic rings. The maximum absolute atomic E-state index is 12.2. The molecule has 0 spiro atoms. The molecule has 1 saturated heterocycles. The monoisotopic (exact) mass is 308 g/mol. The molecular weight excluding hydrogens is 284 g/mol. The first-order valence-corrected chi connectivity index (χ1v) is 7.49. The topological polar surface area (TPSA) is 68.8 Å². The Kier molecular flexibility index (Phi) is 5.89. The Morgan fingerprint density at radius 2 is 1.82 bits per heavy atom. The zero-order valence-corrected chi connectivity index (χ0v) is 13.4. The van der Waals surface area contributed by atoms with Gasteiger partial charge in [0.2, 0.25) is 5.91 Å². The molecule has 1 heterocycles. The molecule has 22 heavy (non-hydrogen) atoms. The van der Waals surface area contributed by atoms with Crippen LogP contribution < -0.4 is 24.8 Å². The van der Waals surface area contributed by atoms with Crippen molar-refractivity contribution < 1.29 is 19.0 Å². The molecule has 1 aliphatic heterocycles. The molecule has 2 N–H and O–H groups in total. The van der Waals surface area contributed by atoms with Crippen LogP contribution in [-0.4, -0.2) is 39.8 Å². The number of methoxy groups -OCH3 is 3. The first-order valence-electron chi connectivity index (χ1n) is 7.49. The van der Waals surface area contributed by atoms with Crippen molar-refractivity contribution in [1.82, 2.24) is 10.6 Å². The van der Waals surface area contributed by atoms with Gasteiger partial charge in [0, 0.05) is 18.2 Å². The molecule has 1 aromatic carbocycles. The Hall–Kier alpha value is -1.95. The third-order valence-corrected chi connectivity index (χ3v) is 3.87. The van der Waals surface area contributed by atoms with E-state index in [1.165, 1.54) is 0 Å². The second-order valence-corrected chi connectivity index (χ2v) is 5.24. The summed E-state index contributed by atoms with van der Waals surface area (Å²) < 4.78 is 15.9. The highest BCUT2D eigenvalue weighted by Gasteiger charge is 2.20. The van der Waals surface area contributed by atoms with Crippen LogP contribution in [0.25, 0.3) is 0 Å². The predicted octanol–water partition coefficient (Wildman–Crippen LogP) is 1.47. The van der Waals surface area contributed by atoms with Gasteiger partial charge in [0.15, 0.2) is 11.5 Å². The first kappa shape index (κ1) is 16.4. The van der Waals surface area contributed by atoms with Gasteiger partial charge < -0.3 is 24.8 Å². The summed E-state index contributed by atoms with van der Waals surface area (Å²) in [6.45, 7) is 1.29. The predicted molar refractivity (Wildman–Crippen MR) is 83.6 cm³/mol. The van der Waals surface area contributed by atoms with E-state index < -0.39 is 0 Å². The summed E-state index contributed by atoms with van der Waals surface area (Å²) in [4.78, 5) is 12.2. The third kappa shape index (κ3) is 3.82. The highest BCUT2D eigenvalue weighted by atomic mass is 16.5. The number of rotatable bonds is 6. The number of carbonyl (C=O) groups excluding carboxylic acids is 1. The van der Waals surface area contributed by atoms with E-state index in [1.54, 1.807) is 27.4 Å². The maximum atomic E-state index is 12.2. The second kappa shape index (κ2) is 7.89. The van der Waals surface area contributed by atoms with E-state index in [1.807, 2.05) is 6.07 Å². The van der Waals surface area contributed by atoms with Crippen LogP contribution in [0.1, 0.15) is 24.8 Å². The minimum Gasteiger partial charge on any atom is -0.496 e. The molecular formula is C16H24N2O4. The molecule has 1 aromatic rings. The largest absolute Gasteiger partial charge is 0.496 e. The Morgan fingerprint density at radius 1 is 1.14 bits per heavy atom. The molecule has 6 heteroatoms. The molecule has 0 aromatic heterocycles. The standard InChI is InChI=1S/C16H24N2O4/c1-20-13-9-15(22-3)14(21-2)8-11(13)10-18-16(19)12-6-4-5-7-17-12/h8-9,12,17H,4-7,10H2,1-3H3,(H,18,19). The van der Waals surface area contributed by atoms with Crippen LogP contribution in [0.2, 0.25) is 0 Å². The summed E-state index contributed by atoms with van der Waals surface area (Å²) in [6, 6.07) is 3.49. The molecule has 1 atom stereocenters. The smallest absolute Gasteiger partial charge is 0.237 e. The molecule has 1 amide bonds.